The lowest BCUT2D eigenvalue weighted by atomic mass is 10.2. The number of H-pyrrole nitrogens is 1. The number of carbonyl (C=O) groups excluding carboxylic acids is 2. The van der Waals surface area contributed by atoms with Crippen LogP contribution in [0.25, 0.3) is 0 Å². The van der Waals surface area contributed by atoms with E-state index in [0.29, 0.717) is 34.5 Å². The average molecular weight is 458 g/mol. The van der Waals surface area contributed by atoms with Gasteiger partial charge < -0.3 is 14.8 Å². The Balaban J connectivity index is 1.29. The average Bonchev–Trinajstić information content (AvgIpc) is 3.21. The van der Waals surface area contributed by atoms with Gasteiger partial charge in [0.15, 0.2) is 5.13 Å². The lowest BCUT2D eigenvalue weighted by Gasteiger charge is -2.36. The minimum Gasteiger partial charge on any atom is -0.368 e. The first-order valence-electron chi connectivity index (χ1n) is 9.71. The fourth-order valence-electron chi connectivity index (χ4n) is 3.32. The van der Waals surface area contributed by atoms with Crippen LogP contribution < -0.4 is 15.8 Å². The van der Waals surface area contributed by atoms with Gasteiger partial charge >= 0.3 is 0 Å². The van der Waals surface area contributed by atoms with Crippen LogP contribution in [0.1, 0.15) is 16.1 Å². The molecule has 0 aliphatic carbocycles. The number of piperazine rings is 1. The highest BCUT2D eigenvalue weighted by atomic mass is 35.5. The Morgan fingerprint density at radius 1 is 1.16 bits per heavy atom. The van der Waals surface area contributed by atoms with E-state index in [1.54, 1.807) is 5.38 Å². The standard InChI is InChI=1S/C21H20ClN5O3S/c22-15-2-1-3-17(10-15)26-6-8-27(9-7-26)19(29)11-16-13-31-21(24-16)25-20(30)14-4-5-18(28)23-12-14/h1-5,10,12-13H,6-9,11H2,(H,23,28)(H,24,25,30). The molecule has 10 heteroatoms. The number of thiazole rings is 1. The van der Waals surface area contributed by atoms with Gasteiger partial charge in [0, 0.05) is 54.5 Å². The summed E-state index contributed by atoms with van der Waals surface area (Å²) in [6.45, 7) is 2.74. The number of aromatic nitrogens is 2. The zero-order valence-electron chi connectivity index (χ0n) is 16.5. The van der Waals surface area contributed by atoms with Gasteiger partial charge in [0.25, 0.3) is 5.91 Å². The number of anilines is 2. The number of rotatable bonds is 5. The molecule has 2 amide bonds. The number of hydrogen-bond acceptors (Lipinski definition) is 6. The van der Waals surface area contributed by atoms with E-state index >= 15 is 0 Å². The van der Waals surface area contributed by atoms with Crippen LogP contribution in [-0.2, 0) is 11.2 Å². The molecule has 0 radical (unpaired) electrons. The maximum absolute atomic E-state index is 12.7. The summed E-state index contributed by atoms with van der Waals surface area (Å²) >= 11 is 7.33. The molecule has 1 aliphatic heterocycles. The Kier molecular flexibility index (Phi) is 6.34. The first-order chi connectivity index (χ1) is 15.0. The summed E-state index contributed by atoms with van der Waals surface area (Å²) in [6, 6.07) is 10.4. The molecule has 160 valence electrons. The zero-order chi connectivity index (χ0) is 21.8. The molecule has 2 N–H and O–H groups in total. The summed E-state index contributed by atoms with van der Waals surface area (Å²) in [6.07, 6.45) is 1.53. The molecule has 2 aromatic heterocycles. The highest BCUT2D eigenvalue weighted by molar-refractivity contribution is 7.14. The van der Waals surface area contributed by atoms with Crippen molar-refractivity contribution in [3.05, 3.63) is 74.6 Å². The molecule has 4 rings (SSSR count). The predicted molar refractivity (Wildman–Crippen MR) is 121 cm³/mol. The van der Waals surface area contributed by atoms with Crippen molar-refractivity contribution in [2.24, 2.45) is 0 Å². The SMILES string of the molecule is O=C(Nc1nc(CC(=O)N2CCN(c3cccc(Cl)c3)CC2)cs1)c1ccc(=O)[nH]c1. The minimum absolute atomic E-state index is 0.00885. The molecule has 0 bridgehead atoms. The van der Waals surface area contributed by atoms with Crippen molar-refractivity contribution < 1.29 is 9.59 Å². The van der Waals surface area contributed by atoms with Crippen molar-refractivity contribution >= 4 is 45.6 Å². The van der Waals surface area contributed by atoms with Crippen molar-refractivity contribution in [3.63, 3.8) is 0 Å². The van der Waals surface area contributed by atoms with E-state index in [1.807, 2.05) is 29.2 Å². The topological polar surface area (TPSA) is 98.4 Å². The first kappa shape index (κ1) is 21.1. The maximum Gasteiger partial charge on any atom is 0.258 e. The van der Waals surface area contributed by atoms with E-state index < -0.39 is 0 Å². The van der Waals surface area contributed by atoms with Gasteiger partial charge in [-0.1, -0.05) is 17.7 Å². The van der Waals surface area contributed by atoms with Crippen LogP contribution in [-0.4, -0.2) is 52.9 Å². The third kappa shape index (κ3) is 5.31. The van der Waals surface area contributed by atoms with Gasteiger partial charge in [-0.05, 0) is 24.3 Å². The Bertz CT molecular complexity index is 1130. The summed E-state index contributed by atoms with van der Waals surface area (Å²) in [5, 5.41) is 5.55. The van der Waals surface area contributed by atoms with Crippen LogP contribution in [0.2, 0.25) is 5.02 Å². The van der Waals surface area contributed by atoms with E-state index in [-0.39, 0.29) is 23.8 Å². The van der Waals surface area contributed by atoms with Crippen LogP contribution in [0.5, 0.6) is 0 Å². The van der Waals surface area contributed by atoms with Gasteiger partial charge in [0.05, 0.1) is 17.7 Å². The van der Waals surface area contributed by atoms with Crippen molar-refractivity contribution in [1.29, 1.82) is 0 Å². The zero-order valence-corrected chi connectivity index (χ0v) is 18.1. The molecule has 1 aromatic carbocycles. The van der Waals surface area contributed by atoms with Gasteiger partial charge in [0.2, 0.25) is 11.5 Å². The second kappa shape index (κ2) is 9.32. The van der Waals surface area contributed by atoms with Crippen molar-refractivity contribution in [2.75, 3.05) is 36.4 Å². The molecule has 31 heavy (non-hydrogen) atoms. The highest BCUT2D eigenvalue weighted by Crippen LogP contribution is 2.21. The third-order valence-electron chi connectivity index (χ3n) is 4.96. The smallest absolute Gasteiger partial charge is 0.258 e. The Morgan fingerprint density at radius 2 is 1.97 bits per heavy atom. The largest absolute Gasteiger partial charge is 0.368 e. The van der Waals surface area contributed by atoms with E-state index in [4.69, 9.17) is 11.6 Å². The number of nitrogens with one attached hydrogen (secondary N) is 2. The first-order valence-corrected chi connectivity index (χ1v) is 11.0. The lowest BCUT2D eigenvalue weighted by Crippen LogP contribution is -2.49. The van der Waals surface area contributed by atoms with Crippen LogP contribution in [0.4, 0.5) is 10.8 Å². The molecule has 0 atom stereocenters. The van der Waals surface area contributed by atoms with E-state index in [1.165, 1.54) is 29.7 Å². The third-order valence-corrected chi connectivity index (χ3v) is 6.00. The molecule has 3 heterocycles. The normalized spacial score (nSPS) is 13.8. The summed E-state index contributed by atoms with van der Waals surface area (Å²) in [5.41, 5.74) is 1.72. The molecule has 1 saturated heterocycles. The molecule has 0 unspecified atom stereocenters. The van der Waals surface area contributed by atoms with Gasteiger partial charge in [-0.25, -0.2) is 4.98 Å². The maximum atomic E-state index is 12.7. The molecule has 8 nitrogen and oxygen atoms in total. The molecule has 3 aromatic rings. The summed E-state index contributed by atoms with van der Waals surface area (Å²) in [7, 11) is 0. The van der Waals surface area contributed by atoms with Gasteiger partial charge in [-0.15, -0.1) is 11.3 Å². The van der Waals surface area contributed by atoms with Crippen LogP contribution >= 0.6 is 22.9 Å². The van der Waals surface area contributed by atoms with Crippen LogP contribution in [0.3, 0.4) is 0 Å². The predicted octanol–water partition coefficient (Wildman–Crippen LogP) is 2.63. The number of hydrogen-bond donors (Lipinski definition) is 2. The highest BCUT2D eigenvalue weighted by Gasteiger charge is 2.22. The molecular formula is C21H20ClN5O3S. The van der Waals surface area contributed by atoms with Crippen molar-refractivity contribution in [2.45, 2.75) is 6.42 Å². The van der Waals surface area contributed by atoms with Gasteiger partial charge in [0.1, 0.15) is 0 Å². The Hall–Kier alpha value is -3.17. The van der Waals surface area contributed by atoms with Gasteiger partial charge in [-0.3, -0.25) is 19.7 Å². The number of nitrogens with zero attached hydrogens (tertiary/aromatic N) is 3. The molecule has 0 saturated carbocycles. The summed E-state index contributed by atoms with van der Waals surface area (Å²) < 4.78 is 0. The lowest BCUT2D eigenvalue weighted by molar-refractivity contribution is -0.130. The number of aromatic amines is 1. The minimum atomic E-state index is -0.374. The molecule has 0 spiro atoms. The van der Waals surface area contributed by atoms with Crippen molar-refractivity contribution in [1.82, 2.24) is 14.9 Å². The quantitative estimate of drug-likeness (QED) is 0.613. The summed E-state index contributed by atoms with van der Waals surface area (Å²) in [5.74, 6) is -0.366. The fraction of sp³-hybridized carbons (Fsp3) is 0.238. The fourth-order valence-corrected chi connectivity index (χ4v) is 4.21. The van der Waals surface area contributed by atoms with E-state index in [2.05, 4.69) is 20.2 Å². The van der Waals surface area contributed by atoms with E-state index in [9.17, 15) is 14.4 Å². The number of pyridine rings is 1. The molecular weight excluding hydrogens is 438 g/mol. The monoisotopic (exact) mass is 457 g/mol. The van der Waals surface area contributed by atoms with Crippen LogP contribution in [0.15, 0.2) is 52.8 Å². The molecule has 1 fully saturated rings. The number of carbonyl (C=O) groups is 2. The number of benzene rings is 1. The van der Waals surface area contributed by atoms with E-state index in [0.717, 1.165) is 18.8 Å². The van der Waals surface area contributed by atoms with Crippen molar-refractivity contribution in [3.8, 4) is 0 Å². The number of halogens is 1. The van der Waals surface area contributed by atoms with Crippen LogP contribution in [0, 0.1) is 0 Å². The Labute approximate surface area is 187 Å². The van der Waals surface area contributed by atoms with Gasteiger partial charge in [-0.2, -0.15) is 0 Å². The number of amides is 2. The Morgan fingerprint density at radius 3 is 2.68 bits per heavy atom. The second-order valence-corrected chi connectivity index (χ2v) is 8.36. The summed E-state index contributed by atoms with van der Waals surface area (Å²) in [4.78, 5) is 46.8. The second-order valence-electron chi connectivity index (χ2n) is 7.06. The molecule has 1 aliphatic rings.